The topological polar surface area (TPSA) is 53.4 Å². The molecule has 0 saturated heterocycles. The third-order valence-corrected chi connectivity index (χ3v) is 5.66. The van der Waals surface area contributed by atoms with Gasteiger partial charge in [-0.25, -0.2) is 4.98 Å². The normalized spacial score (nSPS) is 13.0. The van der Waals surface area contributed by atoms with E-state index in [-0.39, 0.29) is 12.4 Å². The monoisotopic (exact) mass is 370 g/mol. The van der Waals surface area contributed by atoms with Crippen LogP contribution >= 0.6 is 22.9 Å². The summed E-state index contributed by atoms with van der Waals surface area (Å²) in [5.41, 5.74) is 1.55. The van der Waals surface area contributed by atoms with Crippen LogP contribution in [0.5, 0.6) is 11.5 Å². The van der Waals surface area contributed by atoms with Gasteiger partial charge in [-0.15, -0.1) is 11.3 Å². The number of benzene rings is 2. The van der Waals surface area contributed by atoms with Crippen molar-refractivity contribution in [3.05, 3.63) is 63.7 Å². The molecule has 3 heterocycles. The van der Waals surface area contributed by atoms with E-state index in [1.165, 1.54) is 11.3 Å². The lowest BCUT2D eigenvalue weighted by Crippen LogP contribution is -2.20. The maximum atomic E-state index is 12.9. The van der Waals surface area contributed by atoms with Gasteiger partial charge in [-0.05, 0) is 29.8 Å². The quantitative estimate of drug-likeness (QED) is 0.534. The van der Waals surface area contributed by atoms with Crippen LogP contribution in [0, 0.1) is 0 Å². The van der Waals surface area contributed by atoms with Crippen LogP contribution in [-0.4, -0.2) is 16.3 Å². The van der Waals surface area contributed by atoms with Crippen LogP contribution in [0.3, 0.4) is 0 Å². The summed E-state index contributed by atoms with van der Waals surface area (Å²) in [5, 5.41) is 1.46. The molecule has 0 aliphatic carbocycles. The van der Waals surface area contributed by atoms with Gasteiger partial charge in [0.1, 0.15) is 4.70 Å². The summed E-state index contributed by atoms with van der Waals surface area (Å²) in [4.78, 5) is 17.4. The Kier molecular flexibility index (Phi) is 3.23. The first kappa shape index (κ1) is 14.7. The maximum absolute atomic E-state index is 12.9. The molecule has 2 aromatic carbocycles. The molecule has 2 aromatic heterocycles. The molecule has 0 bridgehead atoms. The molecule has 0 spiro atoms. The van der Waals surface area contributed by atoms with Crippen molar-refractivity contribution in [3.63, 3.8) is 0 Å². The van der Waals surface area contributed by atoms with Crippen LogP contribution in [-0.2, 0) is 6.54 Å². The third-order valence-electron chi connectivity index (χ3n) is 4.21. The standard InChI is InChI=1S/C18H11ClN2O3S/c19-11-2-1-3-14-15(11)16-17(25-14)18(22)21(8-20-16)7-10-4-5-12-13(6-10)24-9-23-12/h1-6,8H,7,9H2. The molecule has 0 radical (unpaired) electrons. The zero-order valence-corrected chi connectivity index (χ0v) is 14.4. The van der Waals surface area contributed by atoms with Crippen molar-refractivity contribution < 1.29 is 9.47 Å². The molecule has 124 valence electrons. The predicted molar refractivity (Wildman–Crippen MR) is 98.1 cm³/mol. The molecule has 0 fully saturated rings. The fourth-order valence-electron chi connectivity index (χ4n) is 3.02. The minimum absolute atomic E-state index is 0.0695. The summed E-state index contributed by atoms with van der Waals surface area (Å²) in [6.45, 7) is 0.648. The van der Waals surface area contributed by atoms with Gasteiger partial charge >= 0.3 is 0 Å². The van der Waals surface area contributed by atoms with Crippen molar-refractivity contribution in [2.24, 2.45) is 0 Å². The highest BCUT2D eigenvalue weighted by molar-refractivity contribution is 7.25. The van der Waals surface area contributed by atoms with Gasteiger partial charge in [-0.3, -0.25) is 9.36 Å². The first-order valence-corrected chi connectivity index (χ1v) is 8.85. The van der Waals surface area contributed by atoms with Crippen molar-refractivity contribution in [2.45, 2.75) is 6.54 Å². The molecule has 0 unspecified atom stereocenters. The van der Waals surface area contributed by atoms with E-state index in [9.17, 15) is 4.79 Å². The SMILES string of the molecule is O=c1c2sc3cccc(Cl)c3c2ncn1Cc1ccc2c(c1)OCO2. The molecular formula is C18H11ClN2O3S. The van der Waals surface area contributed by atoms with E-state index in [0.29, 0.717) is 27.5 Å². The number of rotatable bonds is 2. The van der Waals surface area contributed by atoms with Crippen molar-refractivity contribution in [2.75, 3.05) is 6.79 Å². The Hall–Kier alpha value is -2.57. The Balaban J connectivity index is 1.62. The second-order valence-electron chi connectivity index (χ2n) is 5.76. The molecule has 1 aliphatic heterocycles. The largest absolute Gasteiger partial charge is 0.454 e. The predicted octanol–water partition coefficient (Wildman–Crippen LogP) is 4.04. The van der Waals surface area contributed by atoms with Crippen LogP contribution in [0.2, 0.25) is 5.02 Å². The van der Waals surface area contributed by atoms with Gasteiger partial charge < -0.3 is 9.47 Å². The van der Waals surface area contributed by atoms with Crippen molar-refractivity contribution in [1.29, 1.82) is 0 Å². The van der Waals surface area contributed by atoms with Gasteiger partial charge in [-0.1, -0.05) is 23.7 Å². The highest BCUT2D eigenvalue weighted by atomic mass is 35.5. The molecular weight excluding hydrogens is 360 g/mol. The lowest BCUT2D eigenvalue weighted by molar-refractivity contribution is 0.174. The van der Waals surface area contributed by atoms with E-state index in [1.54, 1.807) is 10.9 Å². The molecule has 4 aromatic rings. The molecule has 5 rings (SSSR count). The summed E-state index contributed by atoms with van der Waals surface area (Å²) in [6.07, 6.45) is 1.57. The number of hydrogen-bond acceptors (Lipinski definition) is 5. The summed E-state index contributed by atoms with van der Waals surface area (Å²) in [5.74, 6) is 1.43. The first-order chi connectivity index (χ1) is 12.2. The van der Waals surface area contributed by atoms with Gasteiger partial charge in [0.2, 0.25) is 6.79 Å². The fourth-order valence-corrected chi connectivity index (χ4v) is 4.47. The average molecular weight is 371 g/mol. The number of thiophene rings is 1. The molecule has 1 aliphatic rings. The smallest absolute Gasteiger partial charge is 0.271 e. The van der Waals surface area contributed by atoms with E-state index in [2.05, 4.69) is 4.98 Å². The fraction of sp³-hybridized carbons (Fsp3) is 0.111. The van der Waals surface area contributed by atoms with Crippen LogP contribution in [0.25, 0.3) is 20.3 Å². The van der Waals surface area contributed by atoms with Gasteiger partial charge in [0, 0.05) is 10.1 Å². The minimum atomic E-state index is -0.0695. The van der Waals surface area contributed by atoms with E-state index >= 15 is 0 Å². The number of nitrogens with zero attached hydrogens (tertiary/aromatic N) is 2. The summed E-state index contributed by atoms with van der Waals surface area (Å²) in [7, 11) is 0. The Morgan fingerprint density at radius 1 is 1.20 bits per heavy atom. The van der Waals surface area contributed by atoms with Crippen molar-refractivity contribution in [3.8, 4) is 11.5 Å². The van der Waals surface area contributed by atoms with Crippen molar-refractivity contribution in [1.82, 2.24) is 9.55 Å². The highest BCUT2D eigenvalue weighted by Crippen LogP contribution is 2.35. The molecule has 25 heavy (non-hydrogen) atoms. The Bertz CT molecular complexity index is 1200. The van der Waals surface area contributed by atoms with Crippen LogP contribution in [0.15, 0.2) is 47.5 Å². The van der Waals surface area contributed by atoms with Crippen molar-refractivity contribution >= 4 is 43.2 Å². The summed E-state index contributed by atoms with van der Waals surface area (Å²) >= 11 is 7.71. The van der Waals surface area contributed by atoms with Gasteiger partial charge in [-0.2, -0.15) is 0 Å². The number of aromatic nitrogens is 2. The minimum Gasteiger partial charge on any atom is -0.454 e. The maximum Gasteiger partial charge on any atom is 0.271 e. The molecule has 0 saturated carbocycles. The van der Waals surface area contributed by atoms with E-state index in [0.717, 1.165) is 21.4 Å². The average Bonchev–Trinajstić information content (AvgIpc) is 3.22. The lowest BCUT2D eigenvalue weighted by atomic mass is 10.2. The lowest BCUT2D eigenvalue weighted by Gasteiger charge is -2.06. The Morgan fingerprint density at radius 2 is 2.08 bits per heavy atom. The highest BCUT2D eigenvalue weighted by Gasteiger charge is 2.16. The number of halogens is 1. The summed E-state index contributed by atoms with van der Waals surface area (Å²) in [6, 6.07) is 11.3. The van der Waals surface area contributed by atoms with Crippen LogP contribution < -0.4 is 15.0 Å². The van der Waals surface area contributed by atoms with Gasteiger partial charge in [0.15, 0.2) is 11.5 Å². The third kappa shape index (κ3) is 2.29. The Labute approximate surface area is 151 Å². The van der Waals surface area contributed by atoms with E-state index in [1.807, 2.05) is 36.4 Å². The second-order valence-corrected chi connectivity index (χ2v) is 7.22. The molecule has 0 N–H and O–H groups in total. The molecule has 0 atom stereocenters. The molecule has 5 nitrogen and oxygen atoms in total. The first-order valence-electron chi connectivity index (χ1n) is 7.65. The van der Waals surface area contributed by atoms with Crippen LogP contribution in [0.4, 0.5) is 0 Å². The number of fused-ring (bicyclic) bond motifs is 4. The Morgan fingerprint density at radius 3 is 3.00 bits per heavy atom. The summed E-state index contributed by atoms with van der Waals surface area (Å²) < 4.78 is 13.9. The van der Waals surface area contributed by atoms with Crippen LogP contribution in [0.1, 0.15) is 5.56 Å². The molecule has 7 heteroatoms. The number of ether oxygens (including phenoxy) is 2. The molecule has 0 amide bonds. The van der Waals surface area contributed by atoms with E-state index < -0.39 is 0 Å². The van der Waals surface area contributed by atoms with Gasteiger partial charge in [0.05, 0.1) is 23.4 Å². The number of hydrogen-bond donors (Lipinski definition) is 0. The van der Waals surface area contributed by atoms with Gasteiger partial charge in [0.25, 0.3) is 5.56 Å². The second kappa shape index (κ2) is 5.47. The zero-order chi connectivity index (χ0) is 17.0. The van der Waals surface area contributed by atoms with E-state index in [4.69, 9.17) is 21.1 Å². The zero-order valence-electron chi connectivity index (χ0n) is 12.9.